The molecule has 1 aliphatic heterocycles. The van der Waals surface area contributed by atoms with Crippen LogP contribution in [0.5, 0.6) is 0 Å². The zero-order valence-electron chi connectivity index (χ0n) is 10.3. The van der Waals surface area contributed by atoms with Crippen LogP contribution >= 0.6 is 0 Å². The Kier molecular flexibility index (Phi) is 2.62. The van der Waals surface area contributed by atoms with E-state index in [1.54, 1.807) is 0 Å². The van der Waals surface area contributed by atoms with Crippen LogP contribution in [0.15, 0.2) is 12.3 Å². The van der Waals surface area contributed by atoms with E-state index in [0.717, 1.165) is 19.4 Å². The quantitative estimate of drug-likeness (QED) is 0.648. The van der Waals surface area contributed by atoms with Gasteiger partial charge in [-0.3, -0.25) is 14.9 Å². The predicted octanol–water partition coefficient (Wildman–Crippen LogP) is 1.08. The number of fused-ring (bicyclic) bond motifs is 2. The lowest BCUT2D eigenvalue weighted by atomic mass is 10.1. The number of piperidine rings is 1. The number of hydrogen-bond donors (Lipinski definition) is 1. The van der Waals surface area contributed by atoms with Crippen LogP contribution in [-0.2, 0) is 0 Å². The molecule has 2 fully saturated rings. The Morgan fingerprint density at radius 2 is 2.32 bits per heavy atom. The van der Waals surface area contributed by atoms with E-state index in [-0.39, 0.29) is 11.3 Å². The van der Waals surface area contributed by atoms with E-state index in [2.05, 4.69) is 9.88 Å². The van der Waals surface area contributed by atoms with E-state index in [1.807, 2.05) is 0 Å². The van der Waals surface area contributed by atoms with Crippen molar-refractivity contribution >= 4 is 17.4 Å². The summed E-state index contributed by atoms with van der Waals surface area (Å²) in [6.07, 6.45) is 4.59. The van der Waals surface area contributed by atoms with Crippen molar-refractivity contribution in [2.45, 2.75) is 25.3 Å². The van der Waals surface area contributed by atoms with Gasteiger partial charge >= 0.3 is 0 Å². The molecule has 2 atom stereocenters. The molecule has 1 saturated carbocycles. The highest BCUT2D eigenvalue weighted by Crippen LogP contribution is 2.40. The molecule has 0 aromatic carbocycles. The standard InChI is InChI=1S/C12H14N4O3/c13-11(17)10-4-9(16(18)19)5-14-12(10)15-6-7-1-2-8(15)3-7/h4-5,7-8H,1-3,6H2,(H2,13,17). The minimum absolute atomic E-state index is 0.141. The molecule has 7 nitrogen and oxygen atoms in total. The topological polar surface area (TPSA) is 102 Å². The summed E-state index contributed by atoms with van der Waals surface area (Å²) < 4.78 is 0. The molecule has 2 aliphatic rings. The molecular weight excluding hydrogens is 248 g/mol. The van der Waals surface area contributed by atoms with Gasteiger partial charge in [0.05, 0.1) is 10.5 Å². The van der Waals surface area contributed by atoms with Crippen molar-refractivity contribution in [3.63, 3.8) is 0 Å². The van der Waals surface area contributed by atoms with E-state index in [1.165, 1.54) is 18.7 Å². The van der Waals surface area contributed by atoms with Gasteiger partial charge in [-0.1, -0.05) is 0 Å². The number of carbonyl (C=O) groups excluding carboxylic acids is 1. The third-order valence-electron chi connectivity index (χ3n) is 4.01. The smallest absolute Gasteiger partial charge is 0.288 e. The molecule has 100 valence electrons. The molecule has 3 rings (SSSR count). The van der Waals surface area contributed by atoms with Crippen LogP contribution in [0.2, 0.25) is 0 Å². The molecular formula is C12H14N4O3. The fourth-order valence-electron chi connectivity index (χ4n) is 3.14. The lowest BCUT2D eigenvalue weighted by Gasteiger charge is -2.29. The van der Waals surface area contributed by atoms with E-state index < -0.39 is 10.8 Å². The molecule has 1 aliphatic carbocycles. The highest BCUT2D eigenvalue weighted by atomic mass is 16.6. The normalized spacial score (nSPS) is 24.7. The summed E-state index contributed by atoms with van der Waals surface area (Å²) >= 11 is 0. The minimum Gasteiger partial charge on any atom is -0.365 e. The molecule has 2 bridgehead atoms. The largest absolute Gasteiger partial charge is 0.365 e. The van der Waals surface area contributed by atoms with Gasteiger partial charge in [0.25, 0.3) is 11.6 Å². The first kappa shape index (κ1) is 11.9. The predicted molar refractivity (Wildman–Crippen MR) is 67.9 cm³/mol. The SMILES string of the molecule is NC(=O)c1cc([N+](=O)[O-])cnc1N1CC2CCC1C2. The van der Waals surface area contributed by atoms with E-state index in [4.69, 9.17) is 5.73 Å². The van der Waals surface area contributed by atoms with Gasteiger partial charge < -0.3 is 10.6 Å². The van der Waals surface area contributed by atoms with Gasteiger partial charge in [0.1, 0.15) is 12.0 Å². The second-order valence-electron chi connectivity index (χ2n) is 5.17. The Hall–Kier alpha value is -2.18. The average Bonchev–Trinajstić information content (AvgIpc) is 3.00. The van der Waals surface area contributed by atoms with Crippen LogP contribution in [0.1, 0.15) is 29.6 Å². The maximum Gasteiger partial charge on any atom is 0.288 e. The number of nitro groups is 1. The Morgan fingerprint density at radius 3 is 2.84 bits per heavy atom. The van der Waals surface area contributed by atoms with Gasteiger partial charge in [0.15, 0.2) is 0 Å². The molecule has 2 heterocycles. The number of hydrogen-bond acceptors (Lipinski definition) is 5. The van der Waals surface area contributed by atoms with Crippen molar-refractivity contribution in [1.82, 2.24) is 4.98 Å². The summed E-state index contributed by atoms with van der Waals surface area (Å²) in [6, 6.07) is 1.61. The number of aromatic nitrogens is 1. The minimum atomic E-state index is -0.672. The first-order chi connectivity index (χ1) is 9.06. The summed E-state index contributed by atoms with van der Waals surface area (Å²) in [5.41, 5.74) is 5.26. The van der Waals surface area contributed by atoms with Crippen molar-refractivity contribution < 1.29 is 9.72 Å². The van der Waals surface area contributed by atoms with Crippen molar-refractivity contribution in [1.29, 1.82) is 0 Å². The molecule has 2 unspecified atom stereocenters. The van der Waals surface area contributed by atoms with Crippen LogP contribution in [0.4, 0.5) is 11.5 Å². The number of carbonyl (C=O) groups is 1. The monoisotopic (exact) mass is 262 g/mol. The van der Waals surface area contributed by atoms with Crippen molar-refractivity contribution in [2.75, 3.05) is 11.4 Å². The highest BCUT2D eigenvalue weighted by Gasteiger charge is 2.39. The molecule has 7 heteroatoms. The number of rotatable bonds is 3. The molecule has 19 heavy (non-hydrogen) atoms. The molecule has 0 radical (unpaired) electrons. The lowest BCUT2D eigenvalue weighted by molar-refractivity contribution is -0.385. The number of pyridine rings is 1. The van der Waals surface area contributed by atoms with E-state index >= 15 is 0 Å². The Morgan fingerprint density at radius 1 is 1.53 bits per heavy atom. The Labute approximate surface area is 109 Å². The molecule has 1 saturated heterocycles. The van der Waals surface area contributed by atoms with Crippen LogP contribution in [-0.4, -0.2) is 28.4 Å². The van der Waals surface area contributed by atoms with Crippen LogP contribution in [0.3, 0.4) is 0 Å². The number of anilines is 1. The lowest BCUT2D eigenvalue weighted by Crippen LogP contribution is -2.34. The maximum atomic E-state index is 11.5. The molecule has 1 amide bonds. The van der Waals surface area contributed by atoms with Crippen molar-refractivity contribution in [3.8, 4) is 0 Å². The summed E-state index contributed by atoms with van der Waals surface area (Å²) in [5, 5.41) is 10.7. The summed E-state index contributed by atoms with van der Waals surface area (Å²) in [6.45, 7) is 0.857. The van der Waals surface area contributed by atoms with Gasteiger partial charge in [-0.2, -0.15) is 0 Å². The zero-order valence-corrected chi connectivity index (χ0v) is 10.3. The number of nitrogens with two attached hydrogens (primary N) is 1. The number of primary amides is 1. The fraction of sp³-hybridized carbons (Fsp3) is 0.500. The van der Waals surface area contributed by atoms with Crippen molar-refractivity contribution in [2.24, 2.45) is 11.7 Å². The van der Waals surface area contributed by atoms with Gasteiger partial charge in [0.2, 0.25) is 0 Å². The fourth-order valence-corrected chi connectivity index (χ4v) is 3.14. The van der Waals surface area contributed by atoms with Gasteiger partial charge in [-0.25, -0.2) is 4.98 Å². The second kappa shape index (κ2) is 4.18. The number of amides is 1. The van der Waals surface area contributed by atoms with Gasteiger partial charge in [-0.05, 0) is 25.2 Å². The average molecular weight is 262 g/mol. The third-order valence-corrected chi connectivity index (χ3v) is 4.01. The summed E-state index contributed by atoms with van der Waals surface area (Å²) in [5.74, 6) is 0.460. The molecule has 1 aromatic heterocycles. The maximum absolute atomic E-state index is 11.5. The van der Waals surface area contributed by atoms with E-state index in [9.17, 15) is 14.9 Å². The summed E-state index contributed by atoms with van der Waals surface area (Å²) in [7, 11) is 0. The Balaban J connectivity index is 2.01. The molecule has 0 spiro atoms. The third kappa shape index (κ3) is 1.91. The van der Waals surface area contributed by atoms with E-state index in [0.29, 0.717) is 17.8 Å². The van der Waals surface area contributed by atoms with Gasteiger partial charge in [0, 0.05) is 18.7 Å². The Bertz CT molecular complexity index is 560. The number of nitrogens with zero attached hydrogens (tertiary/aromatic N) is 3. The first-order valence-electron chi connectivity index (χ1n) is 6.27. The van der Waals surface area contributed by atoms with Crippen LogP contribution < -0.4 is 10.6 Å². The van der Waals surface area contributed by atoms with Crippen LogP contribution in [0.25, 0.3) is 0 Å². The molecule has 2 N–H and O–H groups in total. The highest BCUT2D eigenvalue weighted by molar-refractivity contribution is 5.98. The summed E-state index contributed by atoms with van der Waals surface area (Å²) in [4.78, 5) is 27.8. The first-order valence-corrected chi connectivity index (χ1v) is 6.27. The second-order valence-corrected chi connectivity index (χ2v) is 5.17. The van der Waals surface area contributed by atoms with Crippen molar-refractivity contribution in [3.05, 3.63) is 27.9 Å². The zero-order chi connectivity index (χ0) is 13.6. The van der Waals surface area contributed by atoms with Gasteiger partial charge in [-0.15, -0.1) is 0 Å². The molecule has 1 aromatic rings. The van der Waals surface area contributed by atoms with Crippen LogP contribution in [0, 0.1) is 16.0 Å².